The van der Waals surface area contributed by atoms with Crippen molar-refractivity contribution in [1.29, 1.82) is 0 Å². The average Bonchev–Trinajstić information content (AvgIpc) is 2.51. The van der Waals surface area contributed by atoms with Crippen molar-refractivity contribution in [2.75, 3.05) is 14.1 Å². The van der Waals surface area contributed by atoms with Crippen LogP contribution in [-0.2, 0) is 13.0 Å². The first-order valence-corrected chi connectivity index (χ1v) is 4.76. The second kappa shape index (κ2) is 5.07. The van der Waals surface area contributed by atoms with Crippen molar-refractivity contribution in [3.8, 4) is 0 Å². The second-order valence-corrected chi connectivity index (χ2v) is 3.61. The van der Waals surface area contributed by atoms with E-state index in [1.54, 1.807) is 0 Å². The Bertz CT molecular complexity index is 273. The first-order chi connectivity index (χ1) is 6.61. The minimum atomic E-state index is -0.386. The van der Waals surface area contributed by atoms with Crippen LogP contribution in [0.5, 0.6) is 0 Å². The smallest absolute Gasteiger partial charge is 0.229 e. The molecule has 5 heteroatoms. The van der Waals surface area contributed by atoms with E-state index < -0.39 is 0 Å². The molecule has 1 aromatic heterocycles. The van der Waals surface area contributed by atoms with Crippen LogP contribution in [0, 0.1) is 0 Å². The van der Waals surface area contributed by atoms with E-state index in [0.717, 1.165) is 0 Å². The molecule has 1 atom stereocenters. The summed E-state index contributed by atoms with van der Waals surface area (Å²) in [5.74, 6) is 1.17. The van der Waals surface area contributed by atoms with E-state index in [4.69, 9.17) is 4.52 Å². The lowest BCUT2D eigenvalue weighted by molar-refractivity contribution is 0.158. The molecule has 0 aliphatic carbocycles. The van der Waals surface area contributed by atoms with Gasteiger partial charge in [-0.15, -0.1) is 0 Å². The van der Waals surface area contributed by atoms with Gasteiger partial charge in [-0.1, -0.05) is 12.1 Å². The van der Waals surface area contributed by atoms with Crippen LogP contribution in [0.3, 0.4) is 0 Å². The molecule has 0 amide bonds. The number of rotatable bonds is 5. The number of aliphatic hydroxyl groups is 1. The van der Waals surface area contributed by atoms with Crippen LogP contribution in [0.1, 0.15) is 25.1 Å². The summed E-state index contributed by atoms with van der Waals surface area (Å²) in [5, 5.41) is 13.2. The molecule has 14 heavy (non-hydrogen) atoms. The Kier molecular flexibility index (Phi) is 4.03. The zero-order chi connectivity index (χ0) is 10.6. The third kappa shape index (κ3) is 3.43. The lowest BCUT2D eigenvalue weighted by atomic mass is 10.2. The van der Waals surface area contributed by atoms with E-state index in [2.05, 4.69) is 10.1 Å². The zero-order valence-electron chi connectivity index (χ0n) is 8.90. The third-order valence-corrected chi connectivity index (χ3v) is 1.85. The van der Waals surface area contributed by atoms with Gasteiger partial charge in [-0.05, 0) is 20.5 Å². The summed E-state index contributed by atoms with van der Waals surface area (Å²) in [6.45, 7) is 2.58. The molecule has 0 radical (unpaired) electrons. The molecule has 0 bridgehead atoms. The number of aromatic nitrogens is 2. The van der Waals surface area contributed by atoms with Crippen LogP contribution >= 0.6 is 0 Å². The van der Waals surface area contributed by atoms with Gasteiger partial charge < -0.3 is 14.5 Å². The van der Waals surface area contributed by atoms with Crippen LogP contribution in [0.25, 0.3) is 0 Å². The van der Waals surface area contributed by atoms with E-state index in [0.29, 0.717) is 31.1 Å². The molecule has 0 aliphatic rings. The molecule has 5 nitrogen and oxygen atoms in total. The van der Waals surface area contributed by atoms with E-state index in [-0.39, 0.29) is 6.10 Å². The standard InChI is InChI=1S/C9H17N3O2/c1-4-7(13)5-9-10-8(11-14-9)6-12(2)3/h7,13H,4-6H2,1-3H3. The van der Waals surface area contributed by atoms with Crippen LogP contribution in [0.15, 0.2) is 4.52 Å². The zero-order valence-corrected chi connectivity index (χ0v) is 8.90. The number of hydrogen-bond acceptors (Lipinski definition) is 5. The summed E-state index contributed by atoms with van der Waals surface area (Å²) < 4.78 is 4.99. The molecule has 80 valence electrons. The molecule has 1 N–H and O–H groups in total. The SMILES string of the molecule is CCC(O)Cc1nc(CN(C)C)no1. The molecule has 1 aromatic rings. The molecule has 1 unspecified atom stereocenters. The van der Waals surface area contributed by atoms with Gasteiger partial charge in [0.05, 0.1) is 19.1 Å². The first-order valence-electron chi connectivity index (χ1n) is 4.76. The van der Waals surface area contributed by atoms with Gasteiger partial charge in [0.15, 0.2) is 5.82 Å². The Morgan fingerprint density at radius 3 is 2.79 bits per heavy atom. The number of aliphatic hydroxyl groups excluding tert-OH is 1. The first kappa shape index (κ1) is 11.1. The highest BCUT2D eigenvalue weighted by atomic mass is 16.5. The Hall–Kier alpha value is -0.940. The fraction of sp³-hybridized carbons (Fsp3) is 0.778. The highest BCUT2D eigenvalue weighted by Gasteiger charge is 2.10. The van der Waals surface area contributed by atoms with Gasteiger partial charge in [-0.3, -0.25) is 0 Å². The topological polar surface area (TPSA) is 62.4 Å². The Morgan fingerprint density at radius 2 is 2.21 bits per heavy atom. The lowest BCUT2D eigenvalue weighted by Gasteiger charge is -2.03. The largest absolute Gasteiger partial charge is 0.393 e. The maximum atomic E-state index is 9.36. The van der Waals surface area contributed by atoms with Crippen molar-refractivity contribution in [3.63, 3.8) is 0 Å². The van der Waals surface area contributed by atoms with Gasteiger partial charge in [0, 0.05) is 0 Å². The lowest BCUT2D eigenvalue weighted by Crippen LogP contribution is -2.12. The van der Waals surface area contributed by atoms with Crippen molar-refractivity contribution in [2.24, 2.45) is 0 Å². The average molecular weight is 199 g/mol. The van der Waals surface area contributed by atoms with Gasteiger partial charge in [0.2, 0.25) is 5.89 Å². The summed E-state index contributed by atoms with van der Waals surface area (Å²) in [6, 6.07) is 0. The summed E-state index contributed by atoms with van der Waals surface area (Å²) >= 11 is 0. The number of hydrogen-bond donors (Lipinski definition) is 1. The Balaban J connectivity index is 2.50. The summed E-state index contributed by atoms with van der Waals surface area (Å²) in [5.41, 5.74) is 0. The van der Waals surface area contributed by atoms with Crippen molar-refractivity contribution in [2.45, 2.75) is 32.4 Å². The van der Waals surface area contributed by atoms with E-state index in [1.807, 2.05) is 25.9 Å². The normalized spacial score (nSPS) is 13.5. The maximum Gasteiger partial charge on any atom is 0.229 e. The Morgan fingerprint density at radius 1 is 1.50 bits per heavy atom. The summed E-state index contributed by atoms with van der Waals surface area (Å²) in [4.78, 5) is 6.12. The van der Waals surface area contributed by atoms with E-state index >= 15 is 0 Å². The summed E-state index contributed by atoms with van der Waals surface area (Å²) in [6.07, 6.45) is 0.755. The minimum Gasteiger partial charge on any atom is -0.393 e. The molecule has 1 heterocycles. The maximum absolute atomic E-state index is 9.36. The van der Waals surface area contributed by atoms with E-state index in [9.17, 15) is 5.11 Å². The van der Waals surface area contributed by atoms with Gasteiger partial charge in [-0.25, -0.2) is 0 Å². The van der Waals surface area contributed by atoms with Crippen LogP contribution in [0.4, 0.5) is 0 Å². The highest BCUT2D eigenvalue weighted by molar-refractivity contribution is 4.87. The van der Waals surface area contributed by atoms with Crippen molar-refractivity contribution >= 4 is 0 Å². The van der Waals surface area contributed by atoms with Crippen LogP contribution in [0.2, 0.25) is 0 Å². The van der Waals surface area contributed by atoms with Gasteiger partial charge in [-0.2, -0.15) is 4.98 Å². The molecular weight excluding hydrogens is 182 g/mol. The van der Waals surface area contributed by atoms with Gasteiger partial charge in [0.1, 0.15) is 0 Å². The van der Waals surface area contributed by atoms with Crippen molar-refractivity contribution < 1.29 is 9.63 Å². The van der Waals surface area contributed by atoms with Crippen molar-refractivity contribution in [1.82, 2.24) is 15.0 Å². The molecule has 0 fully saturated rings. The fourth-order valence-corrected chi connectivity index (χ4v) is 1.07. The molecule has 0 aliphatic heterocycles. The molecular formula is C9H17N3O2. The quantitative estimate of drug-likeness (QED) is 0.745. The second-order valence-electron chi connectivity index (χ2n) is 3.61. The predicted molar refractivity (Wildman–Crippen MR) is 51.7 cm³/mol. The highest BCUT2D eigenvalue weighted by Crippen LogP contribution is 2.04. The van der Waals surface area contributed by atoms with Crippen LogP contribution < -0.4 is 0 Å². The van der Waals surface area contributed by atoms with E-state index in [1.165, 1.54) is 0 Å². The van der Waals surface area contributed by atoms with Gasteiger partial charge in [0.25, 0.3) is 0 Å². The minimum absolute atomic E-state index is 0.386. The molecule has 0 saturated heterocycles. The molecule has 0 saturated carbocycles. The molecule has 1 rings (SSSR count). The monoisotopic (exact) mass is 199 g/mol. The number of nitrogens with zero attached hydrogens (tertiary/aromatic N) is 3. The molecule has 0 spiro atoms. The summed E-state index contributed by atoms with van der Waals surface area (Å²) in [7, 11) is 3.88. The molecule has 0 aromatic carbocycles. The van der Waals surface area contributed by atoms with Crippen LogP contribution in [-0.4, -0.2) is 40.3 Å². The fourth-order valence-electron chi connectivity index (χ4n) is 1.07. The van der Waals surface area contributed by atoms with Gasteiger partial charge >= 0.3 is 0 Å². The predicted octanol–water partition coefficient (Wildman–Crippen LogP) is 0.445. The van der Waals surface area contributed by atoms with Crippen molar-refractivity contribution in [3.05, 3.63) is 11.7 Å². The third-order valence-electron chi connectivity index (χ3n) is 1.85. The Labute approximate surface area is 83.7 Å².